The summed E-state index contributed by atoms with van der Waals surface area (Å²) in [6.45, 7) is 1.79. The number of anilines is 2. The van der Waals surface area contributed by atoms with Crippen molar-refractivity contribution in [3.05, 3.63) is 109 Å². The van der Waals surface area contributed by atoms with Gasteiger partial charge in [-0.25, -0.2) is 9.13 Å². The topological polar surface area (TPSA) is 14.2 Å². The summed E-state index contributed by atoms with van der Waals surface area (Å²) in [4.78, 5) is 6.91. The van der Waals surface area contributed by atoms with Crippen molar-refractivity contribution < 1.29 is 9.13 Å². The van der Waals surface area contributed by atoms with E-state index in [9.17, 15) is 0 Å². The van der Waals surface area contributed by atoms with Gasteiger partial charge in [-0.05, 0) is 24.3 Å². The quantitative estimate of drug-likeness (QED) is 0.151. The van der Waals surface area contributed by atoms with Crippen LogP contribution in [0.3, 0.4) is 0 Å². The number of benzene rings is 2. The Morgan fingerprint density at radius 3 is 1.14 bits per heavy atom. The minimum Gasteiger partial charge on any atom is -0.377 e. The van der Waals surface area contributed by atoms with Gasteiger partial charge in [-0.15, -0.1) is 23.5 Å². The third-order valence-corrected chi connectivity index (χ3v) is 8.26. The highest BCUT2D eigenvalue weighted by atomic mass is 32.2. The first-order valence-electron chi connectivity index (χ1n) is 12.2. The number of pyridine rings is 2. The highest BCUT2D eigenvalue weighted by molar-refractivity contribution is 8.03. The van der Waals surface area contributed by atoms with E-state index in [4.69, 9.17) is 0 Å². The smallest absolute Gasteiger partial charge is 0.173 e. The lowest BCUT2D eigenvalue weighted by Gasteiger charge is -2.10. The molecule has 0 aliphatic heterocycles. The third kappa shape index (κ3) is 7.77. The van der Waals surface area contributed by atoms with Crippen LogP contribution in [0, 0.1) is 0 Å². The second kappa shape index (κ2) is 12.8. The molecule has 2 aromatic carbocycles. The van der Waals surface area contributed by atoms with Crippen molar-refractivity contribution >= 4 is 34.9 Å². The van der Waals surface area contributed by atoms with Crippen LogP contribution in [0.5, 0.6) is 0 Å². The van der Waals surface area contributed by atoms with Crippen molar-refractivity contribution in [3.63, 3.8) is 0 Å². The van der Waals surface area contributed by atoms with Gasteiger partial charge >= 0.3 is 0 Å². The van der Waals surface area contributed by atoms with Gasteiger partial charge in [-0.2, -0.15) is 0 Å². The van der Waals surface area contributed by atoms with Crippen molar-refractivity contribution in [2.75, 3.05) is 49.5 Å². The molecule has 0 amide bonds. The molecule has 0 N–H and O–H groups in total. The van der Waals surface area contributed by atoms with Gasteiger partial charge in [0.05, 0.1) is 0 Å². The molecule has 0 aliphatic carbocycles. The molecule has 6 heteroatoms. The molecule has 0 bridgehead atoms. The molecule has 0 atom stereocenters. The van der Waals surface area contributed by atoms with E-state index < -0.39 is 0 Å². The third-order valence-electron chi connectivity index (χ3n) is 5.98. The highest BCUT2D eigenvalue weighted by Crippen LogP contribution is 2.24. The fraction of sp³-hybridized carbons (Fsp3) is 0.267. The first kappa shape index (κ1) is 26.1. The van der Waals surface area contributed by atoms with Crippen molar-refractivity contribution in [1.29, 1.82) is 0 Å². The molecular formula is C30H36N4S2+2. The SMILES string of the molecule is CN(C)c1cc[n+](Cc2ccc(SCCSc3ccc(C[n+]4ccc(N(C)C)cc4)cc3)cc2)cc1. The van der Waals surface area contributed by atoms with Crippen molar-refractivity contribution in [2.45, 2.75) is 22.9 Å². The molecule has 0 radical (unpaired) electrons. The summed E-state index contributed by atoms with van der Waals surface area (Å²) in [6, 6.07) is 26.6. The lowest BCUT2D eigenvalue weighted by atomic mass is 10.2. The number of thioether (sulfide) groups is 2. The van der Waals surface area contributed by atoms with E-state index in [-0.39, 0.29) is 0 Å². The Labute approximate surface area is 224 Å². The Balaban J connectivity index is 1.18. The molecule has 0 saturated carbocycles. The Hall–Kier alpha value is -2.96. The maximum Gasteiger partial charge on any atom is 0.173 e. The van der Waals surface area contributed by atoms with E-state index in [2.05, 4.69) is 145 Å². The molecule has 186 valence electrons. The number of aromatic nitrogens is 2. The largest absolute Gasteiger partial charge is 0.377 e. The van der Waals surface area contributed by atoms with Gasteiger partial charge < -0.3 is 9.80 Å². The molecule has 4 nitrogen and oxygen atoms in total. The van der Waals surface area contributed by atoms with E-state index in [0.717, 1.165) is 24.6 Å². The van der Waals surface area contributed by atoms with Gasteiger partial charge in [0.15, 0.2) is 37.9 Å². The Bertz CT molecular complexity index is 1110. The van der Waals surface area contributed by atoms with Crippen LogP contribution in [-0.2, 0) is 13.1 Å². The number of hydrogen-bond donors (Lipinski definition) is 0. The molecule has 4 rings (SSSR count). The Morgan fingerprint density at radius 1 is 0.500 bits per heavy atom. The van der Waals surface area contributed by atoms with E-state index in [0.29, 0.717) is 0 Å². The summed E-state index contributed by atoms with van der Waals surface area (Å²) in [7, 11) is 8.27. The van der Waals surface area contributed by atoms with Crippen LogP contribution in [0.2, 0.25) is 0 Å². The summed E-state index contributed by atoms with van der Waals surface area (Å²) in [5.41, 5.74) is 5.08. The highest BCUT2D eigenvalue weighted by Gasteiger charge is 2.06. The van der Waals surface area contributed by atoms with E-state index in [1.165, 1.54) is 32.3 Å². The number of rotatable bonds is 11. The Kier molecular flexibility index (Phi) is 9.31. The summed E-state index contributed by atoms with van der Waals surface area (Å²) >= 11 is 3.86. The van der Waals surface area contributed by atoms with Gasteiger partial charge in [0, 0.05) is 96.3 Å². The van der Waals surface area contributed by atoms with E-state index >= 15 is 0 Å². The van der Waals surface area contributed by atoms with E-state index in [1.54, 1.807) is 0 Å². The van der Waals surface area contributed by atoms with Crippen LogP contribution >= 0.6 is 23.5 Å². The predicted octanol–water partition coefficient (Wildman–Crippen LogP) is 5.37. The monoisotopic (exact) mass is 516 g/mol. The standard InChI is InChI=1S/C30H36N4S2/c1-31(2)27-13-17-33(18-14-27)23-25-5-9-29(10-6-25)35-21-22-36-30-11-7-26(8-12-30)24-34-19-15-28(16-20-34)32(3)4/h5-20H,21-24H2,1-4H3/q+2. The van der Waals surface area contributed by atoms with Gasteiger partial charge in [-0.3, -0.25) is 0 Å². The zero-order valence-corrected chi connectivity index (χ0v) is 23.3. The van der Waals surface area contributed by atoms with Crippen LogP contribution in [0.25, 0.3) is 0 Å². The predicted molar refractivity (Wildman–Crippen MR) is 154 cm³/mol. The lowest BCUT2D eigenvalue weighted by molar-refractivity contribution is -0.688. The second-order valence-electron chi connectivity index (χ2n) is 9.23. The van der Waals surface area contributed by atoms with Gasteiger partial charge in [0.25, 0.3) is 0 Å². The fourth-order valence-corrected chi connectivity index (χ4v) is 5.62. The first-order chi connectivity index (χ1) is 17.5. The zero-order valence-electron chi connectivity index (χ0n) is 21.7. The van der Waals surface area contributed by atoms with Crippen LogP contribution in [0.15, 0.2) is 107 Å². The molecule has 2 aromatic heterocycles. The summed E-state index contributed by atoms with van der Waals surface area (Å²) in [6.07, 6.45) is 8.57. The molecule has 36 heavy (non-hydrogen) atoms. The average Bonchev–Trinajstić information content (AvgIpc) is 2.89. The second-order valence-corrected chi connectivity index (χ2v) is 11.6. The van der Waals surface area contributed by atoms with Gasteiger partial charge in [0.2, 0.25) is 0 Å². The maximum atomic E-state index is 2.25. The van der Waals surface area contributed by atoms with Crippen LogP contribution in [0.1, 0.15) is 11.1 Å². The molecule has 0 spiro atoms. The molecule has 0 saturated heterocycles. The van der Waals surface area contributed by atoms with Crippen molar-refractivity contribution in [2.24, 2.45) is 0 Å². The van der Waals surface area contributed by atoms with Crippen molar-refractivity contribution in [1.82, 2.24) is 0 Å². The number of nitrogens with zero attached hydrogens (tertiary/aromatic N) is 4. The summed E-state index contributed by atoms with van der Waals surface area (Å²) in [5.74, 6) is 2.20. The van der Waals surface area contributed by atoms with Gasteiger partial charge in [-0.1, -0.05) is 24.3 Å². The first-order valence-corrected chi connectivity index (χ1v) is 14.2. The minimum absolute atomic E-state index is 0.893. The lowest BCUT2D eigenvalue weighted by Crippen LogP contribution is -2.33. The van der Waals surface area contributed by atoms with Crippen molar-refractivity contribution in [3.8, 4) is 0 Å². The average molecular weight is 517 g/mol. The molecule has 0 fully saturated rings. The summed E-state index contributed by atoms with van der Waals surface area (Å²) in [5, 5.41) is 0. The molecule has 0 unspecified atom stereocenters. The van der Waals surface area contributed by atoms with Gasteiger partial charge in [0.1, 0.15) is 0 Å². The maximum absolute atomic E-state index is 2.25. The molecular weight excluding hydrogens is 480 g/mol. The fourth-order valence-electron chi connectivity index (χ4n) is 3.83. The van der Waals surface area contributed by atoms with Crippen LogP contribution < -0.4 is 18.9 Å². The van der Waals surface area contributed by atoms with Crippen LogP contribution in [-0.4, -0.2) is 39.7 Å². The molecule has 2 heterocycles. The normalized spacial score (nSPS) is 10.9. The Morgan fingerprint density at radius 2 is 0.833 bits per heavy atom. The zero-order chi connectivity index (χ0) is 25.3. The summed E-state index contributed by atoms with van der Waals surface area (Å²) < 4.78 is 4.44. The molecule has 4 aromatic rings. The molecule has 0 aliphatic rings. The minimum atomic E-state index is 0.893. The number of hydrogen-bond acceptors (Lipinski definition) is 4. The van der Waals surface area contributed by atoms with E-state index in [1.807, 2.05) is 23.5 Å². The van der Waals surface area contributed by atoms with Crippen LogP contribution in [0.4, 0.5) is 11.4 Å².